The summed E-state index contributed by atoms with van der Waals surface area (Å²) in [4.78, 5) is 22.1. The molecule has 6 nitrogen and oxygen atoms in total. The number of non-ortho nitro benzene ring substituents is 1. The topological polar surface area (TPSA) is 81.5 Å². The molecule has 120 valence electrons. The van der Waals surface area contributed by atoms with Gasteiger partial charge in [0.15, 0.2) is 0 Å². The lowest BCUT2D eigenvalue weighted by atomic mass is 10.1. The molecule has 0 radical (unpaired) electrons. The monoisotopic (exact) mass is 314 g/mol. The van der Waals surface area contributed by atoms with Crippen LogP contribution in [0.15, 0.2) is 42.5 Å². The molecule has 0 bridgehead atoms. The zero-order chi connectivity index (χ0) is 16.8. The number of benzene rings is 2. The number of nitrogens with one attached hydrogen (secondary N) is 1. The van der Waals surface area contributed by atoms with E-state index in [1.807, 2.05) is 32.0 Å². The molecule has 0 saturated heterocycles. The average Bonchev–Trinajstić information content (AvgIpc) is 2.54. The molecule has 0 aromatic heterocycles. The van der Waals surface area contributed by atoms with Crippen LogP contribution in [0.1, 0.15) is 21.5 Å². The molecular formula is C17H18N2O4. The Kier molecular flexibility index (Phi) is 5.30. The van der Waals surface area contributed by atoms with Gasteiger partial charge in [0.1, 0.15) is 12.4 Å². The van der Waals surface area contributed by atoms with E-state index in [2.05, 4.69) is 5.32 Å². The van der Waals surface area contributed by atoms with Crippen molar-refractivity contribution in [3.63, 3.8) is 0 Å². The van der Waals surface area contributed by atoms with Gasteiger partial charge >= 0.3 is 0 Å². The third-order valence-electron chi connectivity index (χ3n) is 3.45. The van der Waals surface area contributed by atoms with Crippen LogP contribution in [0.2, 0.25) is 0 Å². The van der Waals surface area contributed by atoms with Crippen molar-refractivity contribution < 1.29 is 14.5 Å². The summed E-state index contributed by atoms with van der Waals surface area (Å²) in [5.74, 6) is 0.384. The molecule has 2 rings (SSSR count). The molecule has 0 heterocycles. The Morgan fingerprint density at radius 3 is 2.65 bits per heavy atom. The van der Waals surface area contributed by atoms with Crippen LogP contribution in [0.5, 0.6) is 5.75 Å². The quantitative estimate of drug-likeness (QED) is 0.505. The fraction of sp³-hybridized carbons (Fsp3) is 0.235. The van der Waals surface area contributed by atoms with E-state index in [9.17, 15) is 14.9 Å². The number of hydrogen-bond acceptors (Lipinski definition) is 4. The fourth-order valence-corrected chi connectivity index (χ4v) is 2.00. The third-order valence-corrected chi connectivity index (χ3v) is 3.45. The molecule has 0 aliphatic carbocycles. The summed E-state index contributed by atoms with van der Waals surface area (Å²) >= 11 is 0. The average molecular weight is 314 g/mol. The van der Waals surface area contributed by atoms with Crippen LogP contribution >= 0.6 is 0 Å². The number of hydrogen-bond donors (Lipinski definition) is 1. The molecule has 23 heavy (non-hydrogen) atoms. The van der Waals surface area contributed by atoms with Crippen molar-refractivity contribution in [3.05, 3.63) is 69.3 Å². The SMILES string of the molecule is Cc1ccc(OCCNC(=O)c2cccc([N+](=O)[O-])c2)cc1C. The van der Waals surface area contributed by atoms with Gasteiger partial charge in [-0.2, -0.15) is 0 Å². The second-order valence-corrected chi connectivity index (χ2v) is 5.16. The summed E-state index contributed by atoms with van der Waals surface area (Å²) in [5, 5.41) is 13.4. The zero-order valence-electron chi connectivity index (χ0n) is 13.0. The van der Waals surface area contributed by atoms with Crippen molar-refractivity contribution >= 4 is 11.6 Å². The summed E-state index contributed by atoms with van der Waals surface area (Å²) in [5.41, 5.74) is 2.48. The Morgan fingerprint density at radius 2 is 1.96 bits per heavy atom. The van der Waals surface area contributed by atoms with E-state index in [1.54, 1.807) is 0 Å². The van der Waals surface area contributed by atoms with Gasteiger partial charge in [-0.1, -0.05) is 12.1 Å². The number of carbonyl (C=O) groups excluding carboxylic acids is 1. The lowest BCUT2D eigenvalue weighted by molar-refractivity contribution is -0.384. The molecule has 1 amide bonds. The van der Waals surface area contributed by atoms with Gasteiger partial charge < -0.3 is 10.1 Å². The second-order valence-electron chi connectivity index (χ2n) is 5.16. The van der Waals surface area contributed by atoms with Gasteiger partial charge in [-0.3, -0.25) is 14.9 Å². The van der Waals surface area contributed by atoms with Gasteiger partial charge in [0, 0.05) is 17.7 Å². The maximum Gasteiger partial charge on any atom is 0.270 e. The van der Waals surface area contributed by atoms with Crippen molar-refractivity contribution in [1.29, 1.82) is 0 Å². The highest BCUT2D eigenvalue weighted by molar-refractivity contribution is 5.94. The molecule has 0 atom stereocenters. The van der Waals surface area contributed by atoms with E-state index in [0.717, 1.165) is 11.3 Å². The third kappa shape index (κ3) is 4.54. The molecule has 1 N–H and O–H groups in total. The summed E-state index contributed by atoms with van der Waals surface area (Å²) in [6.45, 7) is 4.67. The van der Waals surface area contributed by atoms with Gasteiger partial charge in [-0.25, -0.2) is 0 Å². The number of nitrogens with zero attached hydrogens (tertiary/aromatic N) is 1. The summed E-state index contributed by atoms with van der Waals surface area (Å²) in [6, 6.07) is 11.4. The van der Waals surface area contributed by atoms with Crippen molar-refractivity contribution in [2.24, 2.45) is 0 Å². The minimum absolute atomic E-state index is 0.107. The maximum atomic E-state index is 11.9. The predicted octanol–water partition coefficient (Wildman–Crippen LogP) is 3.02. The van der Waals surface area contributed by atoms with Crippen LogP contribution < -0.4 is 10.1 Å². The zero-order valence-corrected chi connectivity index (χ0v) is 13.0. The normalized spacial score (nSPS) is 10.2. The standard InChI is InChI=1S/C17H18N2O4/c1-12-6-7-16(10-13(12)2)23-9-8-18-17(20)14-4-3-5-15(11-14)19(21)22/h3-7,10-11H,8-9H2,1-2H3,(H,18,20). The van der Waals surface area contributed by atoms with Crippen molar-refractivity contribution in [2.75, 3.05) is 13.2 Å². The van der Waals surface area contributed by atoms with Crippen LogP contribution in [-0.2, 0) is 0 Å². The molecule has 0 saturated carbocycles. The second kappa shape index (κ2) is 7.40. The minimum Gasteiger partial charge on any atom is -0.492 e. The molecule has 0 fully saturated rings. The summed E-state index contributed by atoms with van der Waals surface area (Å²) < 4.78 is 5.57. The molecule has 0 aliphatic heterocycles. The van der Waals surface area contributed by atoms with Gasteiger partial charge in [0.2, 0.25) is 0 Å². The van der Waals surface area contributed by atoms with Gasteiger partial charge in [0.05, 0.1) is 11.5 Å². The van der Waals surface area contributed by atoms with Crippen LogP contribution in [0, 0.1) is 24.0 Å². The summed E-state index contributed by atoms with van der Waals surface area (Å²) in [6.07, 6.45) is 0. The maximum absolute atomic E-state index is 11.9. The van der Waals surface area contributed by atoms with Crippen LogP contribution in [0.4, 0.5) is 5.69 Å². The number of ether oxygens (including phenoxy) is 1. The molecule has 2 aromatic rings. The van der Waals surface area contributed by atoms with Crippen molar-refractivity contribution in [1.82, 2.24) is 5.32 Å². The van der Waals surface area contributed by atoms with E-state index in [1.165, 1.54) is 29.8 Å². The Bertz CT molecular complexity index is 728. The van der Waals surface area contributed by atoms with Crippen molar-refractivity contribution in [3.8, 4) is 5.75 Å². The minimum atomic E-state index is -0.528. The number of rotatable bonds is 6. The van der Waals surface area contributed by atoms with Crippen molar-refractivity contribution in [2.45, 2.75) is 13.8 Å². The first kappa shape index (κ1) is 16.5. The van der Waals surface area contributed by atoms with Crippen LogP contribution in [0.3, 0.4) is 0 Å². The molecule has 2 aromatic carbocycles. The first-order valence-corrected chi connectivity index (χ1v) is 7.20. The van der Waals surface area contributed by atoms with E-state index >= 15 is 0 Å². The van der Waals surface area contributed by atoms with E-state index in [4.69, 9.17) is 4.74 Å². The first-order chi connectivity index (χ1) is 11.0. The number of nitro groups is 1. The molecular weight excluding hydrogens is 296 g/mol. The fourth-order valence-electron chi connectivity index (χ4n) is 2.00. The number of nitro benzene ring substituents is 1. The van der Waals surface area contributed by atoms with E-state index < -0.39 is 4.92 Å². The number of carbonyl (C=O) groups is 1. The molecule has 0 spiro atoms. The van der Waals surface area contributed by atoms with Gasteiger partial charge in [-0.05, 0) is 43.2 Å². The van der Waals surface area contributed by atoms with Crippen LogP contribution in [0.25, 0.3) is 0 Å². The van der Waals surface area contributed by atoms with E-state index in [0.29, 0.717) is 13.2 Å². The Labute approximate surface area is 134 Å². The van der Waals surface area contributed by atoms with Gasteiger partial charge in [-0.15, -0.1) is 0 Å². The number of aryl methyl sites for hydroxylation is 2. The lowest BCUT2D eigenvalue weighted by Gasteiger charge is -2.09. The Balaban J connectivity index is 1.84. The highest BCUT2D eigenvalue weighted by Gasteiger charge is 2.10. The number of amides is 1. The molecule has 0 unspecified atom stereocenters. The smallest absolute Gasteiger partial charge is 0.270 e. The first-order valence-electron chi connectivity index (χ1n) is 7.20. The van der Waals surface area contributed by atoms with Crippen LogP contribution in [-0.4, -0.2) is 24.0 Å². The highest BCUT2D eigenvalue weighted by atomic mass is 16.6. The largest absolute Gasteiger partial charge is 0.492 e. The molecule has 6 heteroatoms. The predicted molar refractivity (Wildman–Crippen MR) is 86.8 cm³/mol. The van der Waals surface area contributed by atoms with E-state index in [-0.39, 0.29) is 17.2 Å². The Morgan fingerprint density at radius 1 is 1.17 bits per heavy atom. The molecule has 0 aliphatic rings. The highest BCUT2D eigenvalue weighted by Crippen LogP contribution is 2.16. The van der Waals surface area contributed by atoms with Gasteiger partial charge in [0.25, 0.3) is 11.6 Å². The summed E-state index contributed by atoms with van der Waals surface area (Å²) in [7, 11) is 0. The Hall–Kier alpha value is -2.89. The lowest BCUT2D eigenvalue weighted by Crippen LogP contribution is -2.28.